The summed E-state index contributed by atoms with van der Waals surface area (Å²) in [6.07, 6.45) is 10.3. The van der Waals surface area contributed by atoms with Crippen LogP contribution in [0.1, 0.15) is 51.4 Å². The van der Waals surface area contributed by atoms with Crippen molar-refractivity contribution in [3.05, 3.63) is 0 Å². The number of amides is 1. The van der Waals surface area contributed by atoms with E-state index in [-0.39, 0.29) is 5.91 Å². The molecule has 2 fully saturated rings. The molecule has 2 saturated carbocycles. The van der Waals surface area contributed by atoms with Crippen LogP contribution >= 0.6 is 0 Å². The van der Waals surface area contributed by atoms with Crippen molar-refractivity contribution in [1.29, 1.82) is 0 Å². The van der Waals surface area contributed by atoms with E-state index in [1.54, 1.807) is 0 Å². The standard InChI is InChI=1S/C14H26N2O/c15-8-9-16-14(17)10-12-6-3-5-11-4-1-2-7-13(11)12/h11-13H,1-10,15H2,(H,16,17). The summed E-state index contributed by atoms with van der Waals surface area (Å²) in [5.74, 6) is 2.62. The number of fused-ring (bicyclic) bond motifs is 1. The fourth-order valence-corrected chi connectivity index (χ4v) is 3.85. The molecule has 0 aromatic rings. The molecule has 0 aromatic heterocycles. The van der Waals surface area contributed by atoms with Crippen LogP contribution in [0.5, 0.6) is 0 Å². The first kappa shape index (κ1) is 12.9. The lowest BCUT2D eigenvalue weighted by Gasteiger charge is -2.41. The van der Waals surface area contributed by atoms with E-state index in [0.717, 1.165) is 18.3 Å². The molecule has 2 rings (SSSR count). The Morgan fingerprint density at radius 3 is 2.71 bits per heavy atom. The SMILES string of the molecule is NCCNC(=O)CC1CCCC2CCCCC21. The largest absolute Gasteiger partial charge is 0.355 e. The maximum atomic E-state index is 11.8. The Balaban J connectivity index is 1.83. The van der Waals surface area contributed by atoms with Gasteiger partial charge >= 0.3 is 0 Å². The first-order valence-electron chi connectivity index (χ1n) is 7.28. The quantitative estimate of drug-likeness (QED) is 0.787. The first-order valence-corrected chi connectivity index (χ1v) is 7.28. The third-order valence-electron chi connectivity index (χ3n) is 4.64. The van der Waals surface area contributed by atoms with Gasteiger partial charge in [0.15, 0.2) is 0 Å². The van der Waals surface area contributed by atoms with Gasteiger partial charge in [-0.05, 0) is 30.6 Å². The van der Waals surface area contributed by atoms with Crippen molar-refractivity contribution in [2.75, 3.05) is 13.1 Å². The average molecular weight is 238 g/mol. The molecule has 1 amide bonds. The second-order valence-corrected chi connectivity index (χ2v) is 5.74. The summed E-state index contributed by atoms with van der Waals surface area (Å²) in [5.41, 5.74) is 5.40. The summed E-state index contributed by atoms with van der Waals surface area (Å²) in [4.78, 5) is 11.8. The van der Waals surface area contributed by atoms with E-state index in [4.69, 9.17) is 5.73 Å². The highest BCUT2D eigenvalue weighted by Gasteiger charge is 2.35. The van der Waals surface area contributed by atoms with Crippen LogP contribution in [0.25, 0.3) is 0 Å². The number of hydrogen-bond acceptors (Lipinski definition) is 2. The second kappa shape index (κ2) is 6.39. The number of nitrogens with two attached hydrogens (primary N) is 1. The maximum absolute atomic E-state index is 11.8. The number of carbonyl (C=O) groups excluding carboxylic acids is 1. The van der Waals surface area contributed by atoms with E-state index >= 15 is 0 Å². The lowest BCUT2D eigenvalue weighted by molar-refractivity contribution is -0.123. The maximum Gasteiger partial charge on any atom is 0.220 e. The minimum Gasteiger partial charge on any atom is -0.355 e. The Morgan fingerprint density at radius 2 is 1.88 bits per heavy atom. The Kier molecular flexibility index (Phi) is 4.84. The Morgan fingerprint density at radius 1 is 1.12 bits per heavy atom. The molecule has 3 unspecified atom stereocenters. The number of nitrogens with one attached hydrogen (secondary N) is 1. The van der Waals surface area contributed by atoms with Gasteiger partial charge in [0.25, 0.3) is 0 Å². The van der Waals surface area contributed by atoms with Gasteiger partial charge in [-0.2, -0.15) is 0 Å². The molecule has 98 valence electrons. The summed E-state index contributed by atoms with van der Waals surface area (Å²) in [6, 6.07) is 0. The number of rotatable bonds is 4. The van der Waals surface area contributed by atoms with Crippen LogP contribution in [-0.2, 0) is 4.79 Å². The summed E-state index contributed by atoms with van der Waals surface area (Å²) in [7, 11) is 0. The molecular weight excluding hydrogens is 212 g/mol. The second-order valence-electron chi connectivity index (χ2n) is 5.74. The van der Waals surface area contributed by atoms with Gasteiger partial charge < -0.3 is 11.1 Å². The fraction of sp³-hybridized carbons (Fsp3) is 0.929. The van der Waals surface area contributed by atoms with E-state index in [2.05, 4.69) is 5.32 Å². The summed E-state index contributed by atoms with van der Waals surface area (Å²) in [5, 5.41) is 2.91. The lowest BCUT2D eigenvalue weighted by Crippen LogP contribution is -2.36. The molecule has 3 nitrogen and oxygen atoms in total. The normalized spacial score (nSPS) is 32.9. The molecule has 3 heteroatoms. The topological polar surface area (TPSA) is 55.1 Å². The van der Waals surface area contributed by atoms with Crippen LogP contribution in [0.2, 0.25) is 0 Å². The molecule has 0 radical (unpaired) electrons. The summed E-state index contributed by atoms with van der Waals surface area (Å²) >= 11 is 0. The van der Waals surface area contributed by atoms with Gasteiger partial charge in [-0.25, -0.2) is 0 Å². The molecular formula is C14H26N2O. The molecule has 17 heavy (non-hydrogen) atoms. The summed E-state index contributed by atoms with van der Waals surface area (Å²) < 4.78 is 0. The van der Waals surface area contributed by atoms with Gasteiger partial charge in [-0.1, -0.05) is 32.1 Å². The molecule has 0 spiro atoms. The van der Waals surface area contributed by atoms with Gasteiger partial charge in [0.05, 0.1) is 0 Å². The van der Waals surface area contributed by atoms with Crippen LogP contribution in [0, 0.1) is 17.8 Å². The van der Waals surface area contributed by atoms with Crippen molar-refractivity contribution < 1.29 is 4.79 Å². The monoisotopic (exact) mass is 238 g/mol. The molecule has 0 aliphatic heterocycles. The predicted octanol–water partition coefficient (Wildman–Crippen LogP) is 2.06. The smallest absolute Gasteiger partial charge is 0.220 e. The van der Waals surface area contributed by atoms with Crippen LogP contribution in [0.15, 0.2) is 0 Å². The minimum atomic E-state index is 0.215. The average Bonchev–Trinajstić information content (AvgIpc) is 2.37. The Bertz CT molecular complexity index is 253. The molecule has 3 N–H and O–H groups in total. The van der Waals surface area contributed by atoms with Gasteiger partial charge in [0, 0.05) is 19.5 Å². The number of carbonyl (C=O) groups is 1. The highest BCUT2D eigenvalue weighted by Crippen LogP contribution is 2.44. The molecule has 0 saturated heterocycles. The van der Waals surface area contributed by atoms with E-state index in [1.165, 1.54) is 44.9 Å². The Labute approximate surface area is 105 Å². The molecule has 0 heterocycles. The minimum absolute atomic E-state index is 0.215. The zero-order valence-electron chi connectivity index (χ0n) is 10.8. The highest BCUT2D eigenvalue weighted by atomic mass is 16.1. The van der Waals surface area contributed by atoms with Crippen molar-refractivity contribution in [3.63, 3.8) is 0 Å². The van der Waals surface area contributed by atoms with Crippen LogP contribution in [0.4, 0.5) is 0 Å². The van der Waals surface area contributed by atoms with E-state index in [0.29, 0.717) is 19.0 Å². The number of hydrogen-bond donors (Lipinski definition) is 2. The van der Waals surface area contributed by atoms with Gasteiger partial charge in [0.2, 0.25) is 5.91 Å². The zero-order chi connectivity index (χ0) is 12.1. The molecule has 2 aliphatic rings. The zero-order valence-corrected chi connectivity index (χ0v) is 10.8. The van der Waals surface area contributed by atoms with Crippen molar-refractivity contribution in [2.24, 2.45) is 23.5 Å². The van der Waals surface area contributed by atoms with E-state index < -0.39 is 0 Å². The van der Waals surface area contributed by atoms with Gasteiger partial charge in [-0.3, -0.25) is 4.79 Å². The molecule has 0 bridgehead atoms. The summed E-state index contributed by atoms with van der Waals surface area (Å²) in [6.45, 7) is 1.17. The molecule has 0 aromatic carbocycles. The molecule has 3 atom stereocenters. The first-order chi connectivity index (χ1) is 8.31. The van der Waals surface area contributed by atoms with E-state index in [1.807, 2.05) is 0 Å². The van der Waals surface area contributed by atoms with Crippen molar-refractivity contribution in [3.8, 4) is 0 Å². The third kappa shape index (κ3) is 3.44. The van der Waals surface area contributed by atoms with E-state index in [9.17, 15) is 4.79 Å². The fourth-order valence-electron chi connectivity index (χ4n) is 3.85. The van der Waals surface area contributed by atoms with Crippen LogP contribution in [-0.4, -0.2) is 19.0 Å². The van der Waals surface area contributed by atoms with Gasteiger partial charge in [-0.15, -0.1) is 0 Å². The lowest BCUT2D eigenvalue weighted by atomic mass is 9.64. The highest BCUT2D eigenvalue weighted by molar-refractivity contribution is 5.76. The third-order valence-corrected chi connectivity index (χ3v) is 4.64. The Hall–Kier alpha value is -0.570. The predicted molar refractivity (Wildman–Crippen MR) is 69.5 cm³/mol. The van der Waals surface area contributed by atoms with Gasteiger partial charge in [0.1, 0.15) is 0 Å². The van der Waals surface area contributed by atoms with Crippen LogP contribution in [0.3, 0.4) is 0 Å². The van der Waals surface area contributed by atoms with Crippen molar-refractivity contribution >= 4 is 5.91 Å². The van der Waals surface area contributed by atoms with Crippen LogP contribution < -0.4 is 11.1 Å². The van der Waals surface area contributed by atoms with Crippen molar-refractivity contribution in [2.45, 2.75) is 51.4 Å². The van der Waals surface area contributed by atoms with Crippen molar-refractivity contribution in [1.82, 2.24) is 5.32 Å². The molecule has 2 aliphatic carbocycles.